The number of anilines is 1. The Balaban J connectivity index is 1.54. The summed E-state index contributed by atoms with van der Waals surface area (Å²) < 4.78 is 24.7. The van der Waals surface area contributed by atoms with Gasteiger partial charge in [-0.15, -0.1) is 0 Å². The van der Waals surface area contributed by atoms with Crippen LogP contribution in [-0.2, 0) is 9.53 Å². The number of carbonyl (C=O) groups is 1. The van der Waals surface area contributed by atoms with Crippen molar-refractivity contribution in [1.29, 1.82) is 0 Å². The number of rotatable bonds is 7. The van der Waals surface area contributed by atoms with Crippen LogP contribution in [0.2, 0.25) is 0 Å². The Morgan fingerprint density at radius 1 is 1.29 bits per heavy atom. The van der Waals surface area contributed by atoms with Gasteiger partial charge in [0, 0.05) is 17.0 Å². The second-order valence-corrected chi connectivity index (χ2v) is 8.16. The summed E-state index contributed by atoms with van der Waals surface area (Å²) in [7, 11) is 1.64. The number of aromatic nitrogens is 2. The fourth-order valence-electron chi connectivity index (χ4n) is 4.23. The number of carbonyl (C=O) groups excluding carboxylic acids is 1. The number of hydrogen-bond donors (Lipinski definition) is 1. The molecule has 2 aliphatic carbocycles. The number of hydrogen-bond acceptors (Lipinski definition) is 5. The Labute approximate surface area is 181 Å². The molecular weight excluding hydrogens is 397 g/mol. The first-order chi connectivity index (χ1) is 14.9. The molecule has 1 heterocycles. The summed E-state index contributed by atoms with van der Waals surface area (Å²) in [5.74, 6) is 1.54. The number of methoxy groups -OCH3 is 1. The van der Waals surface area contributed by atoms with Crippen molar-refractivity contribution < 1.29 is 18.7 Å². The van der Waals surface area contributed by atoms with Crippen molar-refractivity contribution in [1.82, 2.24) is 9.97 Å². The summed E-state index contributed by atoms with van der Waals surface area (Å²) >= 11 is 0. The minimum absolute atomic E-state index is 0.0889. The average molecular weight is 423 g/mol. The van der Waals surface area contributed by atoms with Gasteiger partial charge in [-0.3, -0.25) is 4.79 Å². The quantitative estimate of drug-likeness (QED) is 0.716. The van der Waals surface area contributed by atoms with E-state index in [-0.39, 0.29) is 29.0 Å². The Morgan fingerprint density at radius 3 is 2.77 bits per heavy atom. The van der Waals surface area contributed by atoms with E-state index in [4.69, 9.17) is 9.47 Å². The molecule has 0 aliphatic heterocycles. The average Bonchev–Trinajstić information content (AvgIpc) is 3.51. The monoisotopic (exact) mass is 423 g/mol. The summed E-state index contributed by atoms with van der Waals surface area (Å²) in [4.78, 5) is 21.6. The second kappa shape index (κ2) is 8.49. The Kier molecular flexibility index (Phi) is 5.76. The Morgan fingerprint density at radius 2 is 2.06 bits per heavy atom. The Bertz CT molecular complexity index is 1030. The number of nitrogens with zero attached hydrogens (tertiary/aromatic N) is 2. The molecule has 4 rings (SSSR count). The molecule has 6 nitrogen and oxygen atoms in total. The lowest BCUT2D eigenvalue weighted by molar-refractivity contribution is -0.118. The molecule has 1 aromatic heterocycles. The maximum atomic E-state index is 13.2. The first kappa shape index (κ1) is 21.0. The fourth-order valence-corrected chi connectivity index (χ4v) is 4.23. The highest BCUT2D eigenvalue weighted by molar-refractivity contribution is 5.95. The predicted octanol–water partition coefficient (Wildman–Crippen LogP) is 4.36. The maximum absolute atomic E-state index is 13.2. The van der Waals surface area contributed by atoms with E-state index in [1.165, 1.54) is 12.1 Å². The van der Waals surface area contributed by atoms with E-state index in [9.17, 15) is 9.18 Å². The van der Waals surface area contributed by atoms with E-state index in [1.54, 1.807) is 25.4 Å². The highest BCUT2D eigenvalue weighted by atomic mass is 19.1. The number of nitrogens with one attached hydrogen (secondary N) is 1. The van der Waals surface area contributed by atoms with E-state index in [1.807, 2.05) is 19.9 Å². The molecule has 0 saturated heterocycles. The predicted molar refractivity (Wildman–Crippen MR) is 115 cm³/mol. The van der Waals surface area contributed by atoms with Crippen molar-refractivity contribution >= 4 is 11.6 Å². The number of ether oxygens (including phenoxy) is 2. The van der Waals surface area contributed by atoms with Gasteiger partial charge < -0.3 is 14.8 Å². The molecule has 2 aromatic rings. The van der Waals surface area contributed by atoms with Gasteiger partial charge in [-0.1, -0.05) is 6.08 Å². The second-order valence-electron chi connectivity index (χ2n) is 8.16. The van der Waals surface area contributed by atoms with Crippen molar-refractivity contribution in [3.05, 3.63) is 71.8 Å². The first-order valence-electron chi connectivity index (χ1n) is 10.3. The zero-order valence-electron chi connectivity index (χ0n) is 17.9. The summed E-state index contributed by atoms with van der Waals surface area (Å²) in [6, 6.07) is 5.79. The highest BCUT2D eigenvalue weighted by Crippen LogP contribution is 2.60. The van der Waals surface area contributed by atoms with Crippen LogP contribution >= 0.6 is 0 Å². The molecule has 1 unspecified atom stereocenters. The van der Waals surface area contributed by atoms with Crippen LogP contribution in [0.25, 0.3) is 0 Å². The summed E-state index contributed by atoms with van der Waals surface area (Å²) in [5.41, 5.74) is 0.982. The van der Waals surface area contributed by atoms with Gasteiger partial charge in [-0.25, -0.2) is 14.4 Å². The van der Waals surface area contributed by atoms with Gasteiger partial charge in [0.1, 0.15) is 17.4 Å². The molecule has 0 bridgehead atoms. The standard InChI is InChI=1S/C24H26FN3O3/c1-15-22(13-26-16(2)27-15)31-14-24(17-5-4-6-20(11-17)30-3)12-21(24)23(29)28-19-9-7-18(25)8-10-19/h4,6-11,13,17,21H,5,12,14H2,1-3H3,(H,28,29)/t17?,21-,24+/m0/s1. The van der Waals surface area contributed by atoms with Gasteiger partial charge in [0.05, 0.1) is 25.6 Å². The largest absolute Gasteiger partial charge is 0.497 e. The molecule has 1 fully saturated rings. The molecule has 162 valence electrons. The van der Waals surface area contributed by atoms with Crippen LogP contribution in [0.1, 0.15) is 24.4 Å². The lowest BCUT2D eigenvalue weighted by Crippen LogP contribution is -2.30. The molecule has 1 aromatic carbocycles. The van der Waals surface area contributed by atoms with Crippen LogP contribution in [0.4, 0.5) is 10.1 Å². The summed E-state index contributed by atoms with van der Waals surface area (Å²) in [6.45, 7) is 4.09. The normalized spacial score (nSPS) is 24.3. The van der Waals surface area contributed by atoms with Gasteiger partial charge in [0.15, 0.2) is 5.75 Å². The Hall–Kier alpha value is -3.22. The van der Waals surface area contributed by atoms with Crippen LogP contribution in [0.5, 0.6) is 5.75 Å². The topological polar surface area (TPSA) is 73.3 Å². The van der Waals surface area contributed by atoms with Crippen molar-refractivity contribution in [3.8, 4) is 5.75 Å². The third-order valence-corrected chi connectivity index (χ3v) is 6.11. The van der Waals surface area contributed by atoms with Crippen LogP contribution in [-0.4, -0.2) is 29.6 Å². The van der Waals surface area contributed by atoms with Crippen LogP contribution in [0.15, 0.2) is 54.4 Å². The number of benzene rings is 1. The van der Waals surface area contributed by atoms with Crippen molar-refractivity contribution in [2.75, 3.05) is 19.0 Å². The third kappa shape index (κ3) is 4.45. The molecule has 0 spiro atoms. The van der Waals surface area contributed by atoms with E-state index < -0.39 is 0 Å². The lowest BCUT2D eigenvalue weighted by Gasteiger charge is -2.27. The van der Waals surface area contributed by atoms with Crippen molar-refractivity contribution in [2.24, 2.45) is 17.3 Å². The van der Waals surface area contributed by atoms with Gasteiger partial charge in [-0.2, -0.15) is 0 Å². The minimum Gasteiger partial charge on any atom is -0.497 e. The lowest BCUT2D eigenvalue weighted by atomic mass is 9.82. The summed E-state index contributed by atoms with van der Waals surface area (Å²) in [6.07, 6.45) is 9.26. The minimum atomic E-state index is -0.365. The van der Waals surface area contributed by atoms with Gasteiger partial charge in [-0.05, 0) is 69.0 Å². The van der Waals surface area contributed by atoms with E-state index in [2.05, 4.69) is 27.4 Å². The maximum Gasteiger partial charge on any atom is 0.228 e. The fraction of sp³-hybridized carbons (Fsp3) is 0.375. The molecular formula is C24H26FN3O3. The molecule has 1 saturated carbocycles. The zero-order valence-corrected chi connectivity index (χ0v) is 17.9. The molecule has 1 amide bonds. The van der Waals surface area contributed by atoms with E-state index >= 15 is 0 Å². The van der Waals surface area contributed by atoms with Crippen LogP contribution < -0.4 is 10.1 Å². The van der Waals surface area contributed by atoms with Crippen molar-refractivity contribution in [2.45, 2.75) is 26.7 Å². The van der Waals surface area contributed by atoms with Gasteiger partial charge in [0.25, 0.3) is 0 Å². The molecule has 1 N–H and O–H groups in total. The van der Waals surface area contributed by atoms with Crippen LogP contribution in [0, 0.1) is 36.9 Å². The molecule has 7 heteroatoms. The SMILES string of the molecule is COC1=CC([C@]2(COc3cnc(C)nc3C)C[C@H]2C(=O)Nc2ccc(F)cc2)CC=C1. The summed E-state index contributed by atoms with van der Waals surface area (Å²) in [5, 5.41) is 2.91. The van der Waals surface area contributed by atoms with Crippen LogP contribution in [0.3, 0.4) is 0 Å². The van der Waals surface area contributed by atoms with E-state index in [0.717, 1.165) is 17.9 Å². The van der Waals surface area contributed by atoms with E-state index in [0.29, 0.717) is 30.3 Å². The number of halogens is 1. The number of aryl methyl sites for hydroxylation is 2. The zero-order chi connectivity index (χ0) is 22.0. The van der Waals surface area contributed by atoms with Gasteiger partial charge in [0.2, 0.25) is 5.91 Å². The molecule has 0 radical (unpaired) electrons. The highest BCUT2D eigenvalue weighted by Gasteiger charge is 2.62. The molecule has 31 heavy (non-hydrogen) atoms. The molecule has 3 atom stereocenters. The number of amides is 1. The number of allylic oxidation sites excluding steroid dienone is 3. The van der Waals surface area contributed by atoms with Crippen molar-refractivity contribution in [3.63, 3.8) is 0 Å². The smallest absolute Gasteiger partial charge is 0.228 e. The van der Waals surface area contributed by atoms with Gasteiger partial charge >= 0.3 is 0 Å². The third-order valence-electron chi connectivity index (χ3n) is 6.11. The molecule has 2 aliphatic rings. The first-order valence-corrected chi connectivity index (χ1v) is 10.3.